The van der Waals surface area contributed by atoms with Gasteiger partial charge in [-0.15, -0.1) is 0 Å². The molecule has 0 atom stereocenters. The highest BCUT2D eigenvalue weighted by Gasteiger charge is 2.04. The van der Waals surface area contributed by atoms with Gasteiger partial charge in [-0.1, -0.05) is 19.9 Å². The second-order valence-corrected chi connectivity index (χ2v) is 4.84. The van der Waals surface area contributed by atoms with Crippen LogP contribution in [-0.2, 0) is 17.9 Å². The number of amides is 1. The fourth-order valence-corrected chi connectivity index (χ4v) is 1.99. The first-order chi connectivity index (χ1) is 8.56. The zero-order valence-electron chi connectivity index (χ0n) is 10.8. The smallest absolute Gasteiger partial charge is 0.237 e. The molecule has 3 N–H and O–H groups in total. The van der Waals surface area contributed by atoms with Crippen LogP contribution in [0.1, 0.15) is 19.4 Å². The number of nitrogens with two attached hydrogens (primary N) is 1. The van der Waals surface area contributed by atoms with Gasteiger partial charge in [-0.2, -0.15) is 0 Å². The summed E-state index contributed by atoms with van der Waals surface area (Å²) >= 11 is 0. The number of carbonyl (C=O) groups is 1. The molecule has 1 aromatic heterocycles. The maximum atomic E-state index is 10.9. The van der Waals surface area contributed by atoms with Crippen molar-refractivity contribution in [3.8, 4) is 0 Å². The predicted octanol–water partition coefficient (Wildman–Crippen LogP) is 1.62. The third-order valence-electron chi connectivity index (χ3n) is 2.88. The zero-order chi connectivity index (χ0) is 13.1. The topological polar surface area (TPSA) is 60.1 Å². The first-order valence-electron chi connectivity index (χ1n) is 6.15. The lowest BCUT2D eigenvalue weighted by atomic mass is 10.1. The van der Waals surface area contributed by atoms with Crippen molar-refractivity contribution in [3.05, 3.63) is 36.0 Å². The van der Waals surface area contributed by atoms with E-state index < -0.39 is 0 Å². The molecule has 0 aliphatic rings. The van der Waals surface area contributed by atoms with Gasteiger partial charge in [-0.3, -0.25) is 4.79 Å². The summed E-state index contributed by atoms with van der Waals surface area (Å²) in [5, 5.41) is 4.52. The van der Waals surface area contributed by atoms with Crippen molar-refractivity contribution in [2.75, 3.05) is 0 Å². The van der Waals surface area contributed by atoms with Crippen LogP contribution >= 0.6 is 0 Å². The molecule has 1 aromatic carbocycles. The molecule has 2 aromatic rings. The van der Waals surface area contributed by atoms with Gasteiger partial charge >= 0.3 is 0 Å². The number of benzene rings is 1. The van der Waals surface area contributed by atoms with E-state index in [0.29, 0.717) is 6.04 Å². The standard InChI is InChI=1S/C14H19N3O/c1-10(2)16-8-11-3-4-13-12(7-11)5-6-17(13)9-14(15)18/h3-7,10,16H,8-9H2,1-2H3,(H2,15,18). The molecular weight excluding hydrogens is 226 g/mol. The Morgan fingerprint density at radius 2 is 2.17 bits per heavy atom. The fourth-order valence-electron chi connectivity index (χ4n) is 1.99. The van der Waals surface area contributed by atoms with E-state index in [1.807, 2.05) is 22.9 Å². The molecule has 0 fully saturated rings. The van der Waals surface area contributed by atoms with E-state index in [1.165, 1.54) is 5.56 Å². The number of aromatic nitrogens is 1. The van der Waals surface area contributed by atoms with Crippen molar-refractivity contribution in [1.29, 1.82) is 0 Å². The van der Waals surface area contributed by atoms with Crippen LogP contribution in [0.5, 0.6) is 0 Å². The van der Waals surface area contributed by atoms with E-state index in [9.17, 15) is 4.79 Å². The molecule has 0 saturated heterocycles. The van der Waals surface area contributed by atoms with E-state index in [4.69, 9.17) is 5.73 Å². The summed E-state index contributed by atoms with van der Waals surface area (Å²) in [4.78, 5) is 10.9. The summed E-state index contributed by atoms with van der Waals surface area (Å²) in [7, 11) is 0. The Morgan fingerprint density at radius 3 is 2.83 bits per heavy atom. The van der Waals surface area contributed by atoms with Gasteiger partial charge < -0.3 is 15.6 Å². The van der Waals surface area contributed by atoms with Gasteiger partial charge in [0.25, 0.3) is 0 Å². The monoisotopic (exact) mass is 245 g/mol. The Labute approximate surface area is 107 Å². The summed E-state index contributed by atoms with van der Waals surface area (Å²) in [6, 6.07) is 8.74. The van der Waals surface area contributed by atoms with Gasteiger partial charge in [0, 0.05) is 24.3 Å². The van der Waals surface area contributed by atoms with Crippen LogP contribution in [0.25, 0.3) is 10.9 Å². The van der Waals surface area contributed by atoms with Crippen molar-refractivity contribution in [3.63, 3.8) is 0 Å². The summed E-state index contributed by atoms with van der Waals surface area (Å²) in [5.41, 5.74) is 7.50. The molecule has 96 valence electrons. The molecule has 2 rings (SSSR count). The summed E-state index contributed by atoms with van der Waals surface area (Å²) < 4.78 is 1.87. The van der Waals surface area contributed by atoms with Crippen LogP contribution < -0.4 is 11.1 Å². The lowest BCUT2D eigenvalue weighted by molar-refractivity contribution is -0.118. The van der Waals surface area contributed by atoms with Gasteiger partial charge in [0.2, 0.25) is 5.91 Å². The Hall–Kier alpha value is -1.81. The van der Waals surface area contributed by atoms with Crippen LogP contribution in [0.4, 0.5) is 0 Å². The lowest BCUT2D eigenvalue weighted by Crippen LogP contribution is -2.21. The van der Waals surface area contributed by atoms with Crippen molar-refractivity contribution < 1.29 is 4.79 Å². The van der Waals surface area contributed by atoms with E-state index in [-0.39, 0.29) is 12.5 Å². The van der Waals surface area contributed by atoms with Crippen molar-refractivity contribution in [2.45, 2.75) is 33.0 Å². The lowest BCUT2D eigenvalue weighted by Gasteiger charge is -2.08. The highest BCUT2D eigenvalue weighted by atomic mass is 16.1. The van der Waals surface area contributed by atoms with E-state index >= 15 is 0 Å². The average Bonchev–Trinajstić information content (AvgIpc) is 2.68. The minimum absolute atomic E-state index is 0.229. The number of fused-ring (bicyclic) bond motifs is 1. The second-order valence-electron chi connectivity index (χ2n) is 4.84. The molecule has 0 unspecified atom stereocenters. The Bertz CT molecular complexity index is 557. The number of hydrogen-bond donors (Lipinski definition) is 2. The molecular formula is C14H19N3O. The molecule has 4 heteroatoms. The number of rotatable bonds is 5. The first-order valence-corrected chi connectivity index (χ1v) is 6.15. The maximum Gasteiger partial charge on any atom is 0.237 e. The maximum absolute atomic E-state index is 10.9. The number of nitrogens with one attached hydrogen (secondary N) is 1. The molecule has 0 spiro atoms. The highest BCUT2D eigenvalue weighted by Crippen LogP contribution is 2.17. The minimum Gasteiger partial charge on any atom is -0.368 e. The molecule has 0 aliphatic heterocycles. The molecule has 0 saturated carbocycles. The van der Waals surface area contributed by atoms with E-state index in [1.54, 1.807) is 0 Å². The summed E-state index contributed by atoms with van der Waals surface area (Å²) in [5.74, 6) is -0.321. The minimum atomic E-state index is -0.321. The van der Waals surface area contributed by atoms with Gasteiger partial charge in [0.1, 0.15) is 6.54 Å². The fraction of sp³-hybridized carbons (Fsp3) is 0.357. The zero-order valence-corrected chi connectivity index (χ0v) is 10.8. The van der Waals surface area contributed by atoms with Gasteiger partial charge in [0.15, 0.2) is 0 Å². The van der Waals surface area contributed by atoms with Gasteiger partial charge in [-0.05, 0) is 29.1 Å². The molecule has 18 heavy (non-hydrogen) atoms. The van der Waals surface area contributed by atoms with Gasteiger partial charge in [-0.25, -0.2) is 0 Å². The van der Waals surface area contributed by atoms with E-state index in [2.05, 4.69) is 31.3 Å². The molecule has 1 amide bonds. The molecule has 0 radical (unpaired) electrons. The largest absolute Gasteiger partial charge is 0.368 e. The van der Waals surface area contributed by atoms with Crippen LogP contribution in [0, 0.1) is 0 Å². The molecule has 1 heterocycles. The normalized spacial score (nSPS) is 11.3. The van der Waals surface area contributed by atoms with Crippen LogP contribution in [0.3, 0.4) is 0 Å². The van der Waals surface area contributed by atoms with Crippen molar-refractivity contribution >= 4 is 16.8 Å². The quantitative estimate of drug-likeness (QED) is 0.841. The SMILES string of the molecule is CC(C)NCc1ccc2c(ccn2CC(N)=O)c1. The third kappa shape index (κ3) is 2.90. The Balaban J connectivity index is 2.22. The van der Waals surface area contributed by atoms with Crippen molar-refractivity contribution in [1.82, 2.24) is 9.88 Å². The Morgan fingerprint density at radius 1 is 1.39 bits per heavy atom. The summed E-state index contributed by atoms with van der Waals surface area (Å²) in [6.07, 6.45) is 1.90. The van der Waals surface area contributed by atoms with Crippen LogP contribution in [0.15, 0.2) is 30.5 Å². The molecule has 0 bridgehead atoms. The third-order valence-corrected chi connectivity index (χ3v) is 2.88. The Kier molecular flexibility index (Phi) is 3.67. The number of nitrogens with zero attached hydrogens (tertiary/aromatic N) is 1. The number of carbonyl (C=O) groups excluding carboxylic acids is 1. The number of primary amides is 1. The van der Waals surface area contributed by atoms with E-state index in [0.717, 1.165) is 17.4 Å². The van der Waals surface area contributed by atoms with Crippen LogP contribution in [0.2, 0.25) is 0 Å². The second kappa shape index (κ2) is 5.23. The predicted molar refractivity (Wildman–Crippen MR) is 73.1 cm³/mol. The van der Waals surface area contributed by atoms with Gasteiger partial charge in [0.05, 0.1) is 0 Å². The highest BCUT2D eigenvalue weighted by molar-refractivity contribution is 5.83. The average molecular weight is 245 g/mol. The van der Waals surface area contributed by atoms with Crippen LogP contribution in [-0.4, -0.2) is 16.5 Å². The number of hydrogen-bond acceptors (Lipinski definition) is 2. The molecule has 0 aliphatic carbocycles. The molecule has 4 nitrogen and oxygen atoms in total. The van der Waals surface area contributed by atoms with Crippen molar-refractivity contribution in [2.24, 2.45) is 5.73 Å². The summed E-state index contributed by atoms with van der Waals surface area (Å²) in [6.45, 7) is 5.34. The first kappa shape index (κ1) is 12.6.